The van der Waals surface area contributed by atoms with Crippen LogP contribution in [0.5, 0.6) is 0 Å². The van der Waals surface area contributed by atoms with E-state index in [-0.39, 0.29) is 6.42 Å². The largest absolute Gasteiger partial charge is 0.508 e. The van der Waals surface area contributed by atoms with Crippen molar-refractivity contribution in [2.75, 3.05) is 0 Å². The molecule has 5 nitrogen and oxygen atoms in total. The smallest absolute Gasteiger partial charge is 0.314 e. The number of carbonyl (C=O) groups is 1. The van der Waals surface area contributed by atoms with Crippen LogP contribution in [0.2, 0.25) is 0 Å². The maximum absolute atomic E-state index is 11.1. The topological polar surface area (TPSA) is 98.0 Å². The molecular formula is C10H14O5. The number of allylic oxidation sites excluding steroid dienone is 1. The van der Waals surface area contributed by atoms with E-state index in [1.165, 1.54) is 0 Å². The second-order valence-corrected chi connectivity index (χ2v) is 3.71. The van der Waals surface area contributed by atoms with Gasteiger partial charge in [0.2, 0.25) is 0 Å². The van der Waals surface area contributed by atoms with Gasteiger partial charge in [0.15, 0.2) is 11.5 Å². The van der Waals surface area contributed by atoms with Crippen molar-refractivity contribution in [2.45, 2.75) is 26.2 Å². The number of rotatable bonds is 3. The first-order valence-corrected chi connectivity index (χ1v) is 4.69. The minimum Gasteiger partial charge on any atom is -0.508 e. The quantitative estimate of drug-likeness (QED) is 0.576. The fourth-order valence-corrected chi connectivity index (χ4v) is 1.76. The van der Waals surface area contributed by atoms with Crippen LogP contribution in [0.4, 0.5) is 0 Å². The van der Waals surface area contributed by atoms with Gasteiger partial charge in [-0.3, -0.25) is 4.79 Å². The molecule has 0 heterocycles. The highest BCUT2D eigenvalue weighted by Crippen LogP contribution is 2.39. The van der Waals surface area contributed by atoms with Gasteiger partial charge in [-0.05, 0) is 12.5 Å². The second-order valence-electron chi connectivity index (χ2n) is 3.71. The molecule has 0 spiro atoms. The Labute approximate surface area is 87.0 Å². The average Bonchev–Trinajstić information content (AvgIpc) is 2.14. The number of hydrogen-bond acceptors (Lipinski definition) is 4. The minimum atomic E-state index is -1.31. The second kappa shape index (κ2) is 3.84. The Morgan fingerprint density at radius 3 is 2.47 bits per heavy atom. The van der Waals surface area contributed by atoms with E-state index in [2.05, 4.69) is 0 Å². The summed E-state index contributed by atoms with van der Waals surface area (Å²) >= 11 is 0. The molecule has 1 aliphatic rings. The van der Waals surface area contributed by atoms with Crippen LogP contribution in [0.3, 0.4) is 0 Å². The van der Waals surface area contributed by atoms with E-state index >= 15 is 0 Å². The predicted octanol–water partition coefficient (Wildman–Crippen LogP) is 2.03. The molecule has 84 valence electrons. The maximum atomic E-state index is 11.1. The molecule has 15 heavy (non-hydrogen) atoms. The highest BCUT2D eigenvalue weighted by Gasteiger charge is 2.41. The van der Waals surface area contributed by atoms with E-state index in [1.807, 2.05) is 6.92 Å². The zero-order valence-electron chi connectivity index (χ0n) is 8.40. The van der Waals surface area contributed by atoms with E-state index < -0.39 is 28.7 Å². The standard InChI is InChI=1S/C10H14O5/c1-2-3-10(9(14)15)4-6(11)8(13)7(12)5-10/h4,11-13H,2-3,5H2,1H3,(H,14,15). The molecule has 4 N–H and O–H groups in total. The van der Waals surface area contributed by atoms with Gasteiger partial charge in [-0.2, -0.15) is 0 Å². The van der Waals surface area contributed by atoms with Crippen LogP contribution in [-0.2, 0) is 4.79 Å². The summed E-state index contributed by atoms with van der Waals surface area (Å²) in [5.41, 5.74) is -1.31. The van der Waals surface area contributed by atoms with Crippen LogP contribution in [0.15, 0.2) is 23.4 Å². The van der Waals surface area contributed by atoms with E-state index in [9.17, 15) is 15.0 Å². The molecule has 0 aromatic heterocycles. The number of aliphatic carboxylic acids is 1. The summed E-state index contributed by atoms with van der Waals surface area (Å²) in [4.78, 5) is 11.1. The van der Waals surface area contributed by atoms with Gasteiger partial charge in [0.05, 0.1) is 5.41 Å². The van der Waals surface area contributed by atoms with E-state index in [0.717, 1.165) is 6.08 Å². The zero-order chi connectivity index (χ0) is 11.6. The molecule has 0 saturated heterocycles. The number of carboxylic acid groups (broad SMARTS) is 1. The van der Waals surface area contributed by atoms with Crippen LogP contribution >= 0.6 is 0 Å². The number of hydrogen-bond donors (Lipinski definition) is 4. The van der Waals surface area contributed by atoms with Crippen molar-refractivity contribution in [3.63, 3.8) is 0 Å². The molecular weight excluding hydrogens is 200 g/mol. The summed E-state index contributed by atoms with van der Waals surface area (Å²) in [5, 5.41) is 36.8. The summed E-state index contributed by atoms with van der Waals surface area (Å²) in [7, 11) is 0. The van der Waals surface area contributed by atoms with Crippen LogP contribution in [0, 0.1) is 5.41 Å². The monoisotopic (exact) mass is 214 g/mol. The van der Waals surface area contributed by atoms with Crippen molar-refractivity contribution >= 4 is 5.97 Å². The molecule has 1 rings (SSSR count). The van der Waals surface area contributed by atoms with Crippen molar-refractivity contribution in [1.29, 1.82) is 0 Å². The lowest BCUT2D eigenvalue weighted by Crippen LogP contribution is -2.32. The Bertz CT molecular complexity index is 342. The number of aliphatic hydroxyl groups is 3. The Balaban J connectivity index is 3.12. The zero-order valence-corrected chi connectivity index (χ0v) is 8.40. The summed E-state index contributed by atoms with van der Waals surface area (Å²) in [6.45, 7) is 1.81. The molecule has 0 saturated carbocycles. The van der Waals surface area contributed by atoms with Gasteiger partial charge in [0.25, 0.3) is 0 Å². The third-order valence-electron chi connectivity index (χ3n) is 2.53. The molecule has 0 fully saturated rings. The summed E-state index contributed by atoms with van der Waals surface area (Å²) in [6.07, 6.45) is 1.80. The Kier molecular flexibility index (Phi) is 2.93. The van der Waals surface area contributed by atoms with Gasteiger partial charge in [0.1, 0.15) is 5.76 Å². The fraction of sp³-hybridized carbons (Fsp3) is 0.500. The summed E-state index contributed by atoms with van der Waals surface area (Å²) in [6, 6.07) is 0. The van der Waals surface area contributed by atoms with Gasteiger partial charge in [0, 0.05) is 6.42 Å². The molecule has 0 radical (unpaired) electrons. The van der Waals surface area contributed by atoms with Crippen molar-refractivity contribution in [2.24, 2.45) is 5.41 Å². The predicted molar refractivity (Wildman–Crippen MR) is 52.6 cm³/mol. The Morgan fingerprint density at radius 2 is 2.07 bits per heavy atom. The molecule has 1 unspecified atom stereocenters. The first-order chi connectivity index (χ1) is 6.93. The SMILES string of the molecule is CCCC1(C(=O)O)C=C(O)C(O)=C(O)C1. The van der Waals surface area contributed by atoms with Crippen molar-refractivity contribution < 1.29 is 25.2 Å². The lowest BCUT2D eigenvalue weighted by molar-refractivity contribution is -0.147. The van der Waals surface area contributed by atoms with Crippen LogP contribution < -0.4 is 0 Å². The van der Waals surface area contributed by atoms with Gasteiger partial charge >= 0.3 is 5.97 Å². The third kappa shape index (κ3) is 1.91. The first-order valence-electron chi connectivity index (χ1n) is 4.69. The molecule has 0 aromatic carbocycles. The van der Waals surface area contributed by atoms with Gasteiger partial charge in [-0.15, -0.1) is 0 Å². The molecule has 0 aromatic rings. The van der Waals surface area contributed by atoms with E-state index in [1.54, 1.807) is 0 Å². The number of aliphatic hydroxyl groups excluding tert-OH is 3. The van der Waals surface area contributed by atoms with Crippen LogP contribution in [0.1, 0.15) is 26.2 Å². The van der Waals surface area contributed by atoms with Crippen molar-refractivity contribution in [3.8, 4) is 0 Å². The maximum Gasteiger partial charge on any atom is 0.314 e. The van der Waals surface area contributed by atoms with Crippen LogP contribution in [0.25, 0.3) is 0 Å². The lowest BCUT2D eigenvalue weighted by atomic mass is 9.76. The first kappa shape index (κ1) is 11.4. The highest BCUT2D eigenvalue weighted by atomic mass is 16.4. The Hall–Kier alpha value is -1.65. The van der Waals surface area contributed by atoms with Crippen LogP contribution in [-0.4, -0.2) is 26.4 Å². The summed E-state index contributed by atoms with van der Waals surface area (Å²) < 4.78 is 0. The third-order valence-corrected chi connectivity index (χ3v) is 2.53. The van der Waals surface area contributed by atoms with Gasteiger partial charge in [-0.1, -0.05) is 13.3 Å². The summed E-state index contributed by atoms with van der Waals surface area (Å²) in [5.74, 6) is -2.81. The number of carboxylic acids is 1. The fourth-order valence-electron chi connectivity index (χ4n) is 1.76. The van der Waals surface area contributed by atoms with E-state index in [0.29, 0.717) is 12.8 Å². The minimum absolute atomic E-state index is 0.188. The molecule has 0 bridgehead atoms. The highest BCUT2D eigenvalue weighted by molar-refractivity contribution is 5.78. The molecule has 1 atom stereocenters. The van der Waals surface area contributed by atoms with Gasteiger partial charge in [-0.25, -0.2) is 0 Å². The lowest BCUT2D eigenvalue weighted by Gasteiger charge is -2.28. The Morgan fingerprint density at radius 1 is 1.47 bits per heavy atom. The van der Waals surface area contributed by atoms with Crippen molar-refractivity contribution in [3.05, 3.63) is 23.4 Å². The van der Waals surface area contributed by atoms with E-state index in [4.69, 9.17) is 10.2 Å². The molecule has 0 aliphatic heterocycles. The van der Waals surface area contributed by atoms with Crippen molar-refractivity contribution in [1.82, 2.24) is 0 Å². The molecule has 5 heteroatoms. The molecule has 0 amide bonds. The molecule has 1 aliphatic carbocycles. The normalized spacial score (nSPS) is 26.3. The average molecular weight is 214 g/mol. The van der Waals surface area contributed by atoms with Gasteiger partial charge < -0.3 is 20.4 Å².